The second-order valence-electron chi connectivity index (χ2n) is 6.58. The van der Waals surface area contributed by atoms with E-state index in [1.807, 2.05) is 0 Å². The molecule has 3 aromatic heterocycles. The van der Waals surface area contributed by atoms with Crippen LogP contribution < -0.4 is 10.1 Å². The zero-order valence-electron chi connectivity index (χ0n) is 15.5. The summed E-state index contributed by atoms with van der Waals surface area (Å²) in [5.74, 6) is -0.244. The van der Waals surface area contributed by atoms with Gasteiger partial charge < -0.3 is 19.3 Å². The van der Waals surface area contributed by atoms with Crippen LogP contribution in [0.4, 0.5) is 4.39 Å². The summed E-state index contributed by atoms with van der Waals surface area (Å²) in [6.45, 7) is 1.46. The Bertz CT molecular complexity index is 953. The van der Waals surface area contributed by atoms with Gasteiger partial charge in [-0.3, -0.25) is 9.78 Å². The minimum atomic E-state index is -0.430. The zero-order chi connectivity index (χ0) is 20.1. The maximum absolute atomic E-state index is 13.0. The van der Waals surface area contributed by atoms with Gasteiger partial charge in [-0.25, -0.2) is 9.37 Å². The lowest BCUT2D eigenvalue weighted by molar-refractivity contribution is 0.0696. The molecule has 1 aliphatic heterocycles. The third kappa shape index (κ3) is 4.75. The molecule has 1 fully saturated rings. The summed E-state index contributed by atoms with van der Waals surface area (Å²) in [5.41, 5.74) is 2.06. The predicted octanol–water partition coefficient (Wildman–Crippen LogP) is 2.76. The van der Waals surface area contributed by atoms with Crippen LogP contribution in [0.25, 0.3) is 11.4 Å². The molecule has 0 saturated carbocycles. The van der Waals surface area contributed by atoms with Gasteiger partial charge >= 0.3 is 0 Å². The molecule has 0 unspecified atom stereocenters. The van der Waals surface area contributed by atoms with Gasteiger partial charge in [-0.1, -0.05) is 5.16 Å². The molecule has 0 aliphatic carbocycles. The largest absolute Gasteiger partial charge is 0.473 e. The van der Waals surface area contributed by atoms with Crippen molar-refractivity contribution in [3.8, 4) is 17.3 Å². The number of nitrogens with one attached hydrogen (secondary N) is 1. The van der Waals surface area contributed by atoms with Crippen molar-refractivity contribution in [3.63, 3.8) is 0 Å². The molecule has 4 rings (SSSR count). The Morgan fingerprint density at radius 2 is 2.03 bits per heavy atom. The highest BCUT2D eigenvalue weighted by molar-refractivity contribution is 5.94. The number of aromatic nitrogens is 3. The number of rotatable bonds is 6. The Hall–Kier alpha value is -3.33. The predicted molar refractivity (Wildman–Crippen MR) is 99.6 cm³/mol. The Balaban J connectivity index is 1.36. The van der Waals surface area contributed by atoms with Gasteiger partial charge in [0.25, 0.3) is 5.91 Å². The summed E-state index contributed by atoms with van der Waals surface area (Å²) in [4.78, 5) is 20.5. The first-order chi connectivity index (χ1) is 14.2. The highest BCUT2D eigenvalue weighted by Crippen LogP contribution is 2.21. The van der Waals surface area contributed by atoms with Crippen LogP contribution in [-0.4, -0.2) is 40.3 Å². The van der Waals surface area contributed by atoms with Crippen LogP contribution in [0.2, 0.25) is 0 Å². The fraction of sp³-hybridized carbons (Fsp3) is 0.300. The highest BCUT2D eigenvalue weighted by atomic mass is 19.1. The van der Waals surface area contributed by atoms with Crippen molar-refractivity contribution < 1.29 is 23.2 Å². The number of pyridine rings is 2. The number of nitrogens with zero attached hydrogens (tertiary/aromatic N) is 3. The van der Waals surface area contributed by atoms with Crippen molar-refractivity contribution in [2.75, 3.05) is 13.2 Å². The quantitative estimate of drug-likeness (QED) is 0.681. The standard InChI is InChI=1S/C20H19FN4O4/c21-15-2-3-17(22-10-15)19-14(12-29-25-19)11-28-18-4-1-13(9-23-18)20(26)24-16-5-7-27-8-6-16/h1-4,9-10,12,16H,5-8,11H2,(H,24,26). The summed E-state index contributed by atoms with van der Waals surface area (Å²) < 4.78 is 29.0. The lowest BCUT2D eigenvalue weighted by Gasteiger charge is -2.23. The summed E-state index contributed by atoms with van der Waals surface area (Å²) in [6, 6.07) is 6.22. The van der Waals surface area contributed by atoms with Crippen molar-refractivity contribution in [1.29, 1.82) is 0 Å². The van der Waals surface area contributed by atoms with Gasteiger partial charge in [-0.05, 0) is 31.0 Å². The third-order valence-electron chi connectivity index (χ3n) is 4.54. The highest BCUT2D eigenvalue weighted by Gasteiger charge is 2.17. The lowest BCUT2D eigenvalue weighted by atomic mass is 10.1. The topological polar surface area (TPSA) is 99.4 Å². The van der Waals surface area contributed by atoms with E-state index >= 15 is 0 Å². The molecule has 9 heteroatoms. The van der Waals surface area contributed by atoms with E-state index < -0.39 is 5.82 Å². The number of amides is 1. The van der Waals surface area contributed by atoms with Gasteiger partial charge in [0.05, 0.1) is 23.0 Å². The Kier molecular flexibility index (Phi) is 5.76. The number of hydrogen-bond acceptors (Lipinski definition) is 7. The SMILES string of the molecule is O=C(NC1CCOCC1)c1ccc(OCc2conc2-c2ccc(F)cn2)nc1. The molecule has 0 spiro atoms. The van der Waals surface area contributed by atoms with E-state index in [0.717, 1.165) is 19.0 Å². The van der Waals surface area contributed by atoms with Crippen LogP contribution >= 0.6 is 0 Å². The normalized spacial score (nSPS) is 14.5. The summed E-state index contributed by atoms with van der Waals surface area (Å²) >= 11 is 0. The molecule has 0 atom stereocenters. The maximum Gasteiger partial charge on any atom is 0.253 e. The average molecular weight is 398 g/mol. The monoisotopic (exact) mass is 398 g/mol. The van der Waals surface area contributed by atoms with Gasteiger partial charge in [0.15, 0.2) is 0 Å². The average Bonchev–Trinajstić information content (AvgIpc) is 3.22. The second-order valence-corrected chi connectivity index (χ2v) is 6.58. The summed E-state index contributed by atoms with van der Waals surface area (Å²) in [6.07, 6.45) is 5.64. The summed E-state index contributed by atoms with van der Waals surface area (Å²) in [7, 11) is 0. The molecule has 1 saturated heterocycles. The van der Waals surface area contributed by atoms with E-state index in [-0.39, 0.29) is 18.6 Å². The Labute approximate surface area is 166 Å². The number of hydrogen-bond donors (Lipinski definition) is 1. The fourth-order valence-electron chi connectivity index (χ4n) is 2.95. The lowest BCUT2D eigenvalue weighted by Crippen LogP contribution is -2.38. The third-order valence-corrected chi connectivity index (χ3v) is 4.54. The van der Waals surface area contributed by atoms with Crippen molar-refractivity contribution in [1.82, 2.24) is 20.4 Å². The summed E-state index contributed by atoms with van der Waals surface area (Å²) in [5, 5.41) is 6.88. The van der Waals surface area contributed by atoms with Crippen LogP contribution in [0, 0.1) is 5.82 Å². The second kappa shape index (κ2) is 8.78. The number of carbonyl (C=O) groups excluding carboxylic acids is 1. The molecular formula is C20H19FN4O4. The molecule has 3 aromatic rings. The first-order valence-corrected chi connectivity index (χ1v) is 9.21. The molecule has 150 valence electrons. The Morgan fingerprint density at radius 1 is 1.17 bits per heavy atom. The first-order valence-electron chi connectivity index (χ1n) is 9.21. The van der Waals surface area contributed by atoms with E-state index in [2.05, 4.69) is 20.4 Å². The van der Waals surface area contributed by atoms with Gasteiger partial charge in [0.2, 0.25) is 5.88 Å². The molecule has 0 bridgehead atoms. The maximum atomic E-state index is 13.0. The number of ether oxygens (including phenoxy) is 2. The number of halogens is 1. The van der Waals surface area contributed by atoms with E-state index in [0.29, 0.717) is 41.6 Å². The molecule has 8 nitrogen and oxygen atoms in total. The molecule has 29 heavy (non-hydrogen) atoms. The molecular weight excluding hydrogens is 379 g/mol. The van der Waals surface area contributed by atoms with Gasteiger partial charge in [-0.2, -0.15) is 0 Å². The van der Waals surface area contributed by atoms with E-state index in [4.69, 9.17) is 14.0 Å². The molecule has 1 N–H and O–H groups in total. The van der Waals surface area contributed by atoms with E-state index in [9.17, 15) is 9.18 Å². The molecule has 4 heterocycles. The smallest absolute Gasteiger partial charge is 0.253 e. The van der Waals surface area contributed by atoms with E-state index in [1.165, 1.54) is 24.6 Å². The van der Waals surface area contributed by atoms with Crippen LogP contribution in [0.5, 0.6) is 5.88 Å². The van der Waals surface area contributed by atoms with Gasteiger partial charge in [-0.15, -0.1) is 0 Å². The Morgan fingerprint density at radius 3 is 2.76 bits per heavy atom. The molecule has 1 aliphatic rings. The van der Waals surface area contributed by atoms with Crippen molar-refractivity contribution >= 4 is 5.91 Å². The minimum absolute atomic E-state index is 0.124. The zero-order valence-corrected chi connectivity index (χ0v) is 15.5. The van der Waals surface area contributed by atoms with Crippen LogP contribution in [0.3, 0.4) is 0 Å². The van der Waals surface area contributed by atoms with Crippen molar-refractivity contribution in [2.24, 2.45) is 0 Å². The van der Waals surface area contributed by atoms with Crippen LogP contribution in [0.1, 0.15) is 28.8 Å². The fourth-order valence-corrected chi connectivity index (χ4v) is 2.95. The number of carbonyl (C=O) groups is 1. The molecule has 0 radical (unpaired) electrons. The van der Waals surface area contributed by atoms with Gasteiger partial charge in [0.1, 0.15) is 24.4 Å². The van der Waals surface area contributed by atoms with E-state index in [1.54, 1.807) is 12.1 Å². The van der Waals surface area contributed by atoms with Crippen LogP contribution in [-0.2, 0) is 11.3 Å². The van der Waals surface area contributed by atoms with Crippen LogP contribution in [0.15, 0.2) is 47.4 Å². The minimum Gasteiger partial charge on any atom is -0.473 e. The van der Waals surface area contributed by atoms with Gasteiger partial charge in [0, 0.05) is 31.5 Å². The first kappa shape index (κ1) is 19.0. The van der Waals surface area contributed by atoms with Crippen molar-refractivity contribution in [2.45, 2.75) is 25.5 Å². The van der Waals surface area contributed by atoms with Crippen molar-refractivity contribution in [3.05, 3.63) is 59.9 Å². The molecule has 1 amide bonds. The molecule has 0 aromatic carbocycles.